The third kappa shape index (κ3) is 3.85. The monoisotopic (exact) mass is 409 g/mol. The van der Waals surface area contributed by atoms with Crippen LogP contribution in [0.1, 0.15) is 11.3 Å². The van der Waals surface area contributed by atoms with Crippen LogP contribution in [0, 0.1) is 6.92 Å². The molecule has 3 heterocycles. The van der Waals surface area contributed by atoms with E-state index in [1.165, 1.54) is 15.9 Å². The number of benzene rings is 1. The number of aromatic nitrogens is 6. The van der Waals surface area contributed by atoms with Crippen molar-refractivity contribution in [1.29, 1.82) is 0 Å². The van der Waals surface area contributed by atoms with Crippen LogP contribution in [-0.2, 0) is 6.18 Å². The first kappa shape index (κ1) is 17.7. The Morgan fingerprint density at radius 1 is 1.15 bits per heavy atom. The van der Waals surface area contributed by atoms with E-state index in [1.54, 1.807) is 0 Å². The first-order valence-corrected chi connectivity index (χ1v) is 9.15. The zero-order chi connectivity index (χ0) is 19.0. The van der Waals surface area contributed by atoms with E-state index >= 15 is 0 Å². The molecule has 12 heteroatoms. The number of halogens is 3. The van der Waals surface area contributed by atoms with Gasteiger partial charge in [-0.25, -0.2) is 4.98 Å². The van der Waals surface area contributed by atoms with Gasteiger partial charge in [-0.1, -0.05) is 29.0 Å². The molecule has 0 fully saturated rings. The van der Waals surface area contributed by atoms with Gasteiger partial charge in [0.2, 0.25) is 5.13 Å². The second-order valence-electron chi connectivity index (χ2n) is 5.42. The number of aryl methyl sites for hydroxylation is 1. The lowest BCUT2D eigenvalue weighted by atomic mass is 10.2. The minimum Gasteiger partial charge on any atom is -0.330 e. The van der Waals surface area contributed by atoms with Gasteiger partial charge in [0.1, 0.15) is 11.4 Å². The molecule has 0 unspecified atom stereocenters. The highest BCUT2D eigenvalue weighted by atomic mass is 32.2. The van der Waals surface area contributed by atoms with E-state index in [-0.39, 0.29) is 10.8 Å². The normalized spacial score (nSPS) is 11.9. The van der Waals surface area contributed by atoms with Gasteiger partial charge in [0.05, 0.1) is 0 Å². The van der Waals surface area contributed by atoms with E-state index in [0.29, 0.717) is 9.47 Å². The van der Waals surface area contributed by atoms with Gasteiger partial charge in [-0.05, 0) is 30.8 Å². The van der Waals surface area contributed by atoms with E-state index in [4.69, 9.17) is 0 Å². The van der Waals surface area contributed by atoms with Crippen molar-refractivity contribution in [3.8, 4) is 0 Å². The second kappa shape index (κ2) is 6.78. The quantitative estimate of drug-likeness (QED) is 0.506. The lowest BCUT2D eigenvalue weighted by Gasteiger charge is -2.08. The average Bonchev–Trinajstić information content (AvgIpc) is 3.25. The summed E-state index contributed by atoms with van der Waals surface area (Å²) in [5.41, 5.74) is 0.937. The zero-order valence-electron chi connectivity index (χ0n) is 13.6. The first-order chi connectivity index (χ1) is 12.9. The van der Waals surface area contributed by atoms with Crippen molar-refractivity contribution in [3.63, 3.8) is 0 Å². The van der Waals surface area contributed by atoms with Crippen LogP contribution in [-0.4, -0.2) is 29.8 Å². The average molecular weight is 409 g/mol. The molecule has 0 atom stereocenters. The third-order valence-corrected chi connectivity index (χ3v) is 5.30. The van der Waals surface area contributed by atoms with Gasteiger partial charge in [0.15, 0.2) is 10.0 Å². The molecule has 7 nitrogen and oxygen atoms in total. The minimum absolute atomic E-state index is 0.130. The van der Waals surface area contributed by atoms with E-state index in [9.17, 15) is 13.2 Å². The number of nitrogens with zero attached hydrogens (tertiary/aromatic N) is 6. The highest BCUT2D eigenvalue weighted by Gasteiger charge is 2.34. The molecule has 3 aromatic heterocycles. The van der Waals surface area contributed by atoms with Crippen LogP contribution in [0.25, 0.3) is 5.78 Å². The smallest absolute Gasteiger partial charge is 0.330 e. The Hall–Kier alpha value is -2.73. The van der Waals surface area contributed by atoms with Crippen molar-refractivity contribution >= 4 is 39.7 Å². The molecule has 4 aromatic rings. The maximum atomic E-state index is 13.1. The Balaban J connectivity index is 1.60. The predicted octanol–water partition coefficient (Wildman–Crippen LogP) is 4.20. The highest BCUT2D eigenvalue weighted by molar-refractivity contribution is 8.01. The lowest BCUT2D eigenvalue weighted by molar-refractivity contribution is -0.141. The molecule has 27 heavy (non-hydrogen) atoms. The molecule has 0 amide bonds. The zero-order valence-corrected chi connectivity index (χ0v) is 15.2. The Morgan fingerprint density at radius 3 is 2.67 bits per heavy atom. The van der Waals surface area contributed by atoms with Crippen LogP contribution in [0.3, 0.4) is 0 Å². The van der Waals surface area contributed by atoms with Gasteiger partial charge in [-0.3, -0.25) is 0 Å². The van der Waals surface area contributed by atoms with Crippen molar-refractivity contribution in [1.82, 2.24) is 29.8 Å². The summed E-state index contributed by atoms with van der Waals surface area (Å²) in [6.45, 7) is 1.98. The highest BCUT2D eigenvalue weighted by Crippen LogP contribution is 2.36. The summed E-state index contributed by atoms with van der Waals surface area (Å²) in [6.07, 6.45) is -3.43. The maximum absolute atomic E-state index is 13.1. The van der Waals surface area contributed by atoms with Crippen molar-refractivity contribution in [2.75, 3.05) is 5.32 Å². The molecule has 0 bridgehead atoms. The van der Waals surface area contributed by atoms with Gasteiger partial charge >= 0.3 is 6.18 Å². The summed E-state index contributed by atoms with van der Waals surface area (Å²) in [6, 6.07) is 8.63. The van der Waals surface area contributed by atoms with E-state index in [2.05, 4.69) is 30.6 Å². The summed E-state index contributed by atoms with van der Waals surface area (Å²) >= 11 is 2.23. The summed E-state index contributed by atoms with van der Waals surface area (Å²) in [5.74, 6) is -0.130. The van der Waals surface area contributed by atoms with E-state index in [1.807, 2.05) is 31.2 Å². The molecule has 0 aliphatic rings. The fourth-order valence-corrected chi connectivity index (χ4v) is 3.96. The van der Waals surface area contributed by atoms with Crippen LogP contribution < -0.4 is 5.32 Å². The van der Waals surface area contributed by atoms with E-state index < -0.39 is 11.9 Å². The Kier molecular flexibility index (Phi) is 4.44. The number of fused-ring (bicyclic) bond motifs is 1. The number of nitrogens with one attached hydrogen (secondary N) is 1. The first-order valence-electron chi connectivity index (χ1n) is 7.51. The van der Waals surface area contributed by atoms with Crippen molar-refractivity contribution in [3.05, 3.63) is 47.9 Å². The Bertz CT molecular complexity index is 1090. The fraction of sp³-hybridized carbons (Fsp3) is 0.133. The Labute approximate surface area is 158 Å². The van der Waals surface area contributed by atoms with Crippen molar-refractivity contribution in [2.45, 2.75) is 22.5 Å². The summed E-state index contributed by atoms with van der Waals surface area (Å²) < 4.78 is 40.8. The molecule has 0 spiro atoms. The van der Waals surface area contributed by atoms with Crippen LogP contribution >= 0.6 is 23.1 Å². The van der Waals surface area contributed by atoms with Crippen LogP contribution in [0.4, 0.5) is 24.0 Å². The molecule has 0 saturated carbocycles. The van der Waals surface area contributed by atoms with Crippen molar-refractivity contribution < 1.29 is 13.2 Å². The topological polar surface area (TPSA) is 80.9 Å². The Morgan fingerprint density at radius 2 is 1.93 bits per heavy atom. The van der Waals surface area contributed by atoms with Crippen molar-refractivity contribution in [2.24, 2.45) is 0 Å². The fourth-order valence-electron chi connectivity index (χ4n) is 2.15. The summed E-state index contributed by atoms with van der Waals surface area (Å²) in [5, 5.41) is 15.8. The van der Waals surface area contributed by atoms with Gasteiger partial charge < -0.3 is 5.32 Å². The molecule has 1 aromatic carbocycles. The largest absolute Gasteiger partial charge is 0.433 e. The van der Waals surface area contributed by atoms with Gasteiger partial charge in [-0.15, -0.1) is 10.2 Å². The molecule has 0 aliphatic heterocycles. The van der Waals surface area contributed by atoms with Crippen LogP contribution in [0.2, 0.25) is 0 Å². The number of anilines is 2. The molecule has 4 rings (SSSR count). The number of alkyl halides is 3. The summed E-state index contributed by atoms with van der Waals surface area (Å²) in [4.78, 5) is 7.23. The SMILES string of the molecule is Cc1ccc(Nc2nnc(Sc3cc(C(F)(F)F)nc4ncnn34)s2)cc1. The molecule has 0 saturated heterocycles. The second-order valence-corrected chi connectivity index (χ2v) is 7.66. The van der Waals surface area contributed by atoms with Gasteiger partial charge in [0, 0.05) is 11.8 Å². The van der Waals surface area contributed by atoms with Crippen LogP contribution in [0.15, 0.2) is 46.0 Å². The molecule has 1 N–H and O–H groups in total. The molecular weight excluding hydrogens is 399 g/mol. The molecule has 0 aliphatic carbocycles. The lowest BCUT2D eigenvalue weighted by Crippen LogP contribution is -2.10. The predicted molar refractivity (Wildman–Crippen MR) is 94.3 cm³/mol. The van der Waals surface area contributed by atoms with Gasteiger partial charge in [-0.2, -0.15) is 27.8 Å². The van der Waals surface area contributed by atoms with E-state index in [0.717, 1.165) is 35.4 Å². The molecular formula is C15H10F3N7S2. The van der Waals surface area contributed by atoms with Crippen LogP contribution in [0.5, 0.6) is 0 Å². The minimum atomic E-state index is -4.58. The number of hydrogen-bond acceptors (Lipinski definition) is 8. The van der Waals surface area contributed by atoms with Gasteiger partial charge in [0.25, 0.3) is 5.78 Å². The number of hydrogen-bond donors (Lipinski definition) is 1. The standard InChI is InChI=1S/C15H10F3N7S2/c1-8-2-4-9(5-3-8)21-13-23-24-14(27-13)26-11-6-10(15(16,17)18)22-12-19-7-20-25(11)12/h2-7H,1H3,(H,21,23). The maximum Gasteiger partial charge on any atom is 0.433 e. The number of rotatable bonds is 4. The third-order valence-electron chi connectivity index (χ3n) is 3.41. The molecule has 0 radical (unpaired) electrons. The summed E-state index contributed by atoms with van der Waals surface area (Å²) in [7, 11) is 0. The molecule has 138 valence electrons.